The lowest BCUT2D eigenvalue weighted by Gasteiger charge is -2.33. The summed E-state index contributed by atoms with van der Waals surface area (Å²) in [4.78, 5) is 40.8. The molecule has 2 saturated heterocycles. The summed E-state index contributed by atoms with van der Waals surface area (Å²) in [5.74, 6) is 0.871. The summed E-state index contributed by atoms with van der Waals surface area (Å²) in [7, 11) is 0. The molecule has 0 spiro atoms. The van der Waals surface area contributed by atoms with Crippen LogP contribution in [0.15, 0.2) is 0 Å². The standard InChI is InChI=1S/C22H37N3O3/c1-16(2)25-15-18(14-21(25)27)22(28)23-19-10-12-24(13-11-19)20(26)9-8-17-6-4-3-5-7-17/h16-19H,3-15H2,1-2H3,(H,23,28). The summed E-state index contributed by atoms with van der Waals surface area (Å²) in [6, 6.07) is 0.270. The molecule has 1 aliphatic carbocycles. The lowest BCUT2D eigenvalue weighted by molar-refractivity contribution is -0.133. The molecule has 1 N–H and O–H groups in total. The fourth-order valence-corrected chi connectivity index (χ4v) is 4.96. The first kappa shape index (κ1) is 21.1. The van der Waals surface area contributed by atoms with Crippen molar-refractivity contribution in [3.8, 4) is 0 Å². The largest absolute Gasteiger partial charge is 0.353 e. The fourth-order valence-electron chi connectivity index (χ4n) is 4.96. The Bertz CT molecular complexity index is 563. The molecule has 2 aliphatic heterocycles. The number of nitrogens with zero attached hydrogens (tertiary/aromatic N) is 2. The zero-order valence-electron chi connectivity index (χ0n) is 17.6. The van der Waals surface area contributed by atoms with E-state index < -0.39 is 0 Å². The quantitative estimate of drug-likeness (QED) is 0.757. The molecular formula is C22H37N3O3. The number of rotatable bonds is 6. The third-order valence-corrected chi connectivity index (χ3v) is 6.84. The maximum atomic E-state index is 12.5. The first-order valence-corrected chi connectivity index (χ1v) is 11.3. The molecule has 6 nitrogen and oxygen atoms in total. The van der Waals surface area contributed by atoms with Gasteiger partial charge < -0.3 is 15.1 Å². The lowest BCUT2D eigenvalue weighted by Crippen LogP contribution is -2.48. The third-order valence-electron chi connectivity index (χ3n) is 6.84. The predicted octanol–water partition coefficient (Wildman–Crippen LogP) is 2.71. The van der Waals surface area contributed by atoms with Gasteiger partial charge in [0.2, 0.25) is 17.7 Å². The molecule has 1 saturated carbocycles. The summed E-state index contributed by atoms with van der Waals surface area (Å²) in [6.07, 6.45) is 10.3. The van der Waals surface area contributed by atoms with Gasteiger partial charge in [0.25, 0.3) is 0 Å². The second-order valence-electron chi connectivity index (χ2n) is 9.25. The second-order valence-corrected chi connectivity index (χ2v) is 9.25. The van der Waals surface area contributed by atoms with Crippen LogP contribution < -0.4 is 5.32 Å². The smallest absolute Gasteiger partial charge is 0.225 e. The number of piperidine rings is 1. The number of carbonyl (C=O) groups excluding carboxylic acids is 3. The highest BCUT2D eigenvalue weighted by atomic mass is 16.2. The number of carbonyl (C=O) groups is 3. The van der Waals surface area contributed by atoms with Crippen molar-refractivity contribution < 1.29 is 14.4 Å². The molecular weight excluding hydrogens is 354 g/mol. The van der Waals surface area contributed by atoms with Crippen molar-refractivity contribution in [2.45, 2.75) is 90.1 Å². The summed E-state index contributed by atoms with van der Waals surface area (Å²) >= 11 is 0. The highest BCUT2D eigenvalue weighted by Gasteiger charge is 2.36. The molecule has 0 radical (unpaired) electrons. The number of amides is 3. The van der Waals surface area contributed by atoms with Gasteiger partial charge in [-0.05, 0) is 39.0 Å². The molecule has 0 aromatic rings. The van der Waals surface area contributed by atoms with E-state index in [0.717, 1.165) is 38.3 Å². The highest BCUT2D eigenvalue weighted by molar-refractivity contribution is 5.89. The molecule has 28 heavy (non-hydrogen) atoms. The van der Waals surface area contributed by atoms with Crippen molar-refractivity contribution in [1.82, 2.24) is 15.1 Å². The van der Waals surface area contributed by atoms with Crippen LogP contribution in [0.25, 0.3) is 0 Å². The van der Waals surface area contributed by atoms with E-state index in [1.807, 2.05) is 18.7 Å². The van der Waals surface area contributed by atoms with Crippen LogP contribution >= 0.6 is 0 Å². The van der Waals surface area contributed by atoms with Crippen molar-refractivity contribution in [3.63, 3.8) is 0 Å². The Balaban J connectivity index is 1.36. The van der Waals surface area contributed by atoms with Crippen LogP contribution in [0.4, 0.5) is 0 Å². The van der Waals surface area contributed by atoms with E-state index >= 15 is 0 Å². The Morgan fingerprint density at radius 3 is 2.36 bits per heavy atom. The monoisotopic (exact) mass is 391 g/mol. The van der Waals surface area contributed by atoms with Crippen molar-refractivity contribution in [2.75, 3.05) is 19.6 Å². The van der Waals surface area contributed by atoms with Crippen LogP contribution in [0.5, 0.6) is 0 Å². The fraction of sp³-hybridized carbons (Fsp3) is 0.864. The molecule has 2 heterocycles. The molecule has 3 amide bonds. The van der Waals surface area contributed by atoms with E-state index in [1.54, 1.807) is 4.90 Å². The lowest BCUT2D eigenvalue weighted by atomic mass is 9.86. The van der Waals surface area contributed by atoms with Gasteiger partial charge in [-0.1, -0.05) is 32.1 Å². The molecule has 158 valence electrons. The molecule has 0 aromatic carbocycles. The predicted molar refractivity (Wildman–Crippen MR) is 109 cm³/mol. The van der Waals surface area contributed by atoms with Crippen molar-refractivity contribution in [1.29, 1.82) is 0 Å². The molecule has 3 rings (SSSR count). The van der Waals surface area contributed by atoms with Crippen LogP contribution in [0, 0.1) is 11.8 Å². The maximum Gasteiger partial charge on any atom is 0.225 e. The van der Waals surface area contributed by atoms with Gasteiger partial charge >= 0.3 is 0 Å². The van der Waals surface area contributed by atoms with Crippen molar-refractivity contribution in [3.05, 3.63) is 0 Å². The molecule has 6 heteroatoms. The number of nitrogens with one attached hydrogen (secondary N) is 1. The summed E-state index contributed by atoms with van der Waals surface area (Å²) in [5.41, 5.74) is 0. The Morgan fingerprint density at radius 1 is 1.07 bits per heavy atom. The van der Waals surface area contributed by atoms with Crippen LogP contribution in [-0.2, 0) is 14.4 Å². The first-order chi connectivity index (χ1) is 13.4. The number of hydrogen-bond donors (Lipinski definition) is 1. The minimum Gasteiger partial charge on any atom is -0.353 e. The van der Waals surface area contributed by atoms with Crippen molar-refractivity contribution in [2.24, 2.45) is 11.8 Å². The number of likely N-dealkylation sites (tertiary alicyclic amines) is 2. The Labute approximate surface area is 169 Å². The zero-order valence-corrected chi connectivity index (χ0v) is 17.6. The molecule has 0 aromatic heterocycles. The topological polar surface area (TPSA) is 69.7 Å². The van der Waals surface area contributed by atoms with Gasteiger partial charge in [-0.15, -0.1) is 0 Å². The minimum absolute atomic E-state index is 0.00132. The van der Waals surface area contributed by atoms with Gasteiger partial charge in [0.05, 0.1) is 5.92 Å². The maximum absolute atomic E-state index is 12.5. The van der Waals surface area contributed by atoms with Gasteiger partial charge in [-0.2, -0.15) is 0 Å². The van der Waals surface area contributed by atoms with Gasteiger partial charge in [-0.25, -0.2) is 0 Å². The van der Waals surface area contributed by atoms with Gasteiger partial charge in [0.1, 0.15) is 0 Å². The number of hydrogen-bond acceptors (Lipinski definition) is 3. The van der Waals surface area contributed by atoms with E-state index in [2.05, 4.69) is 5.32 Å². The highest BCUT2D eigenvalue weighted by Crippen LogP contribution is 2.28. The second kappa shape index (κ2) is 9.75. The Morgan fingerprint density at radius 2 is 1.75 bits per heavy atom. The van der Waals surface area contributed by atoms with Crippen LogP contribution in [0.2, 0.25) is 0 Å². The Kier molecular flexibility index (Phi) is 7.36. The van der Waals surface area contributed by atoms with Crippen LogP contribution in [-0.4, -0.2) is 59.2 Å². The van der Waals surface area contributed by atoms with Gasteiger partial charge in [0.15, 0.2) is 0 Å². The van der Waals surface area contributed by atoms with E-state index in [0.29, 0.717) is 19.4 Å². The van der Waals surface area contributed by atoms with E-state index in [1.165, 1.54) is 32.1 Å². The van der Waals surface area contributed by atoms with Crippen LogP contribution in [0.3, 0.4) is 0 Å². The average Bonchev–Trinajstić information content (AvgIpc) is 3.10. The van der Waals surface area contributed by atoms with Crippen molar-refractivity contribution >= 4 is 17.7 Å². The molecule has 1 atom stereocenters. The third kappa shape index (κ3) is 5.48. The molecule has 3 fully saturated rings. The molecule has 0 bridgehead atoms. The first-order valence-electron chi connectivity index (χ1n) is 11.3. The molecule has 1 unspecified atom stereocenters. The van der Waals surface area contributed by atoms with E-state index in [-0.39, 0.29) is 35.7 Å². The van der Waals surface area contributed by atoms with Gasteiger partial charge in [0, 0.05) is 44.6 Å². The zero-order chi connectivity index (χ0) is 20.1. The van der Waals surface area contributed by atoms with E-state index in [4.69, 9.17) is 0 Å². The minimum atomic E-state index is -0.231. The normalized spacial score (nSPS) is 24.8. The Hall–Kier alpha value is -1.59. The summed E-state index contributed by atoms with van der Waals surface area (Å²) in [6.45, 7) is 5.96. The average molecular weight is 392 g/mol. The SMILES string of the molecule is CC(C)N1CC(C(=O)NC2CCN(C(=O)CCC3CCCCC3)CC2)CC1=O. The molecule has 3 aliphatic rings. The summed E-state index contributed by atoms with van der Waals surface area (Å²) in [5, 5.41) is 3.13. The van der Waals surface area contributed by atoms with E-state index in [9.17, 15) is 14.4 Å². The summed E-state index contributed by atoms with van der Waals surface area (Å²) < 4.78 is 0. The van der Waals surface area contributed by atoms with Gasteiger partial charge in [-0.3, -0.25) is 14.4 Å². The van der Waals surface area contributed by atoms with Crippen LogP contribution in [0.1, 0.15) is 78.1 Å².